The molecule has 0 unspecified atom stereocenters. The number of para-hydroxylation sites is 1. The number of carbonyl (C=O) groups is 2. The lowest BCUT2D eigenvalue weighted by Gasteiger charge is -2.36. The second-order valence-corrected chi connectivity index (χ2v) is 8.56. The van der Waals surface area contributed by atoms with Crippen LogP contribution in [0.15, 0.2) is 54.7 Å². The third-order valence-electron chi connectivity index (χ3n) is 6.55. The van der Waals surface area contributed by atoms with E-state index >= 15 is 0 Å². The Morgan fingerprint density at radius 3 is 2.16 bits per heavy atom. The molecule has 0 N–H and O–H groups in total. The molecule has 3 heterocycles. The number of rotatable bonds is 6. The van der Waals surface area contributed by atoms with Gasteiger partial charge in [-0.25, -0.2) is 0 Å². The molecule has 0 aliphatic carbocycles. The van der Waals surface area contributed by atoms with Crippen LogP contribution in [0.25, 0.3) is 0 Å². The smallest absolute Gasteiger partial charge is 0.228 e. The van der Waals surface area contributed by atoms with Crippen LogP contribution in [0.1, 0.15) is 31.4 Å². The summed E-state index contributed by atoms with van der Waals surface area (Å²) in [6.07, 6.45) is 5.64. The zero-order valence-corrected chi connectivity index (χ0v) is 18.2. The highest BCUT2D eigenvalue weighted by Gasteiger charge is 2.25. The van der Waals surface area contributed by atoms with Crippen molar-refractivity contribution in [2.45, 2.75) is 32.1 Å². The molecule has 0 radical (unpaired) electrons. The third kappa shape index (κ3) is 5.84. The fourth-order valence-corrected chi connectivity index (χ4v) is 4.58. The van der Waals surface area contributed by atoms with Crippen molar-refractivity contribution in [2.24, 2.45) is 5.92 Å². The van der Waals surface area contributed by atoms with E-state index in [2.05, 4.69) is 34.1 Å². The van der Waals surface area contributed by atoms with Crippen molar-refractivity contribution in [1.82, 2.24) is 14.8 Å². The van der Waals surface area contributed by atoms with E-state index < -0.39 is 0 Å². The van der Waals surface area contributed by atoms with Crippen molar-refractivity contribution < 1.29 is 9.59 Å². The summed E-state index contributed by atoms with van der Waals surface area (Å²) in [5, 5.41) is 0. The Kier molecular flexibility index (Phi) is 7.18. The largest absolute Gasteiger partial charge is 0.368 e. The summed E-state index contributed by atoms with van der Waals surface area (Å²) in [6.45, 7) is 4.97. The van der Waals surface area contributed by atoms with Crippen molar-refractivity contribution in [1.29, 1.82) is 0 Å². The Labute approximate surface area is 184 Å². The summed E-state index contributed by atoms with van der Waals surface area (Å²) in [7, 11) is 0. The average molecular weight is 421 g/mol. The van der Waals surface area contributed by atoms with Gasteiger partial charge in [-0.15, -0.1) is 0 Å². The maximum Gasteiger partial charge on any atom is 0.228 e. The lowest BCUT2D eigenvalue weighted by atomic mass is 9.91. The number of benzene rings is 1. The average Bonchev–Trinajstić information content (AvgIpc) is 2.84. The molecule has 0 spiro atoms. The molecule has 6 nitrogen and oxygen atoms in total. The van der Waals surface area contributed by atoms with Crippen LogP contribution in [0, 0.1) is 5.92 Å². The minimum absolute atomic E-state index is 0.157. The van der Waals surface area contributed by atoms with E-state index in [-0.39, 0.29) is 11.8 Å². The van der Waals surface area contributed by atoms with Crippen LogP contribution in [0.3, 0.4) is 0 Å². The summed E-state index contributed by atoms with van der Waals surface area (Å²) in [5.41, 5.74) is 2.06. The molecule has 2 aliphatic rings. The number of amides is 2. The van der Waals surface area contributed by atoms with Crippen molar-refractivity contribution in [3.8, 4) is 0 Å². The van der Waals surface area contributed by atoms with Gasteiger partial charge in [0.25, 0.3) is 0 Å². The normalized spacial score (nSPS) is 17.6. The molecule has 6 heteroatoms. The molecule has 0 bridgehead atoms. The number of nitrogens with zero attached hydrogens (tertiary/aromatic N) is 4. The maximum atomic E-state index is 12.7. The van der Waals surface area contributed by atoms with Gasteiger partial charge in [0.15, 0.2) is 0 Å². The van der Waals surface area contributed by atoms with Gasteiger partial charge in [-0.05, 0) is 49.4 Å². The minimum Gasteiger partial charge on any atom is -0.368 e. The molecule has 2 saturated heterocycles. The Hall–Kier alpha value is -2.89. The van der Waals surface area contributed by atoms with E-state index in [1.165, 1.54) is 5.69 Å². The number of piperazine rings is 1. The van der Waals surface area contributed by atoms with Gasteiger partial charge in [0.05, 0.1) is 6.42 Å². The van der Waals surface area contributed by atoms with E-state index in [1.807, 2.05) is 34.1 Å². The monoisotopic (exact) mass is 420 g/mol. The first kappa shape index (κ1) is 21.3. The quantitative estimate of drug-likeness (QED) is 0.721. The second kappa shape index (κ2) is 10.4. The molecular formula is C25H32N4O2. The van der Waals surface area contributed by atoms with Gasteiger partial charge in [-0.3, -0.25) is 14.6 Å². The number of aromatic nitrogens is 1. The zero-order chi connectivity index (χ0) is 21.5. The van der Waals surface area contributed by atoms with E-state index in [1.54, 1.807) is 6.20 Å². The van der Waals surface area contributed by atoms with Crippen LogP contribution < -0.4 is 4.90 Å². The summed E-state index contributed by atoms with van der Waals surface area (Å²) in [4.78, 5) is 35.8. The molecule has 4 rings (SSSR count). The van der Waals surface area contributed by atoms with Crippen molar-refractivity contribution in [3.05, 3.63) is 60.4 Å². The molecule has 1 aromatic heterocycles. The maximum absolute atomic E-state index is 12.7. The Morgan fingerprint density at radius 2 is 1.48 bits per heavy atom. The van der Waals surface area contributed by atoms with Crippen LogP contribution >= 0.6 is 0 Å². The van der Waals surface area contributed by atoms with Crippen molar-refractivity contribution in [3.63, 3.8) is 0 Å². The van der Waals surface area contributed by atoms with Crippen LogP contribution in [0.5, 0.6) is 0 Å². The molecule has 1 aromatic carbocycles. The standard InChI is InChI=1S/C25H32N4O2/c30-24(29-18-16-27(17-19-29)23-7-2-1-3-8-23)10-9-21-11-14-28(15-12-21)25(31)20-22-6-4-5-13-26-22/h1-8,13,21H,9-12,14-20H2. The first-order valence-electron chi connectivity index (χ1n) is 11.4. The zero-order valence-electron chi connectivity index (χ0n) is 18.2. The number of hydrogen-bond acceptors (Lipinski definition) is 4. The lowest BCUT2D eigenvalue weighted by Crippen LogP contribution is -2.48. The summed E-state index contributed by atoms with van der Waals surface area (Å²) in [5.74, 6) is 0.972. The Bertz CT molecular complexity index is 842. The topological polar surface area (TPSA) is 56.8 Å². The molecule has 31 heavy (non-hydrogen) atoms. The van der Waals surface area contributed by atoms with Gasteiger partial charge in [0.2, 0.25) is 11.8 Å². The van der Waals surface area contributed by atoms with Gasteiger partial charge in [-0.1, -0.05) is 24.3 Å². The second-order valence-electron chi connectivity index (χ2n) is 8.56. The van der Waals surface area contributed by atoms with Gasteiger partial charge in [0, 0.05) is 63.3 Å². The highest BCUT2D eigenvalue weighted by molar-refractivity contribution is 5.78. The molecule has 164 valence electrons. The number of piperidine rings is 1. The van der Waals surface area contributed by atoms with E-state index in [9.17, 15) is 9.59 Å². The fourth-order valence-electron chi connectivity index (χ4n) is 4.58. The molecule has 2 amide bonds. The first-order valence-corrected chi connectivity index (χ1v) is 11.4. The van der Waals surface area contributed by atoms with Gasteiger partial charge >= 0.3 is 0 Å². The predicted molar refractivity (Wildman–Crippen MR) is 122 cm³/mol. The molecule has 0 atom stereocenters. The van der Waals surface area contributed by atoms with Crippen molar-refractivity contribution >= 4 is 17.5 Å². The van der Waals surface area contributed by atoms with Gasteiger partial charge in [-0.2, -0.15) is 0 Å². The number of likely N-dealkylation sites (tertiary alicyclic amines) is 1. The molecule has 0 saturated carbocycles. The van der Waals surface area contributed by atoms with Crippen LogP contribution in [0.4, 0.5) is 5.69 Å². The molecule has 2 aromatic rings. The van der Waals surface area contributed by atoms with Crippen molar-refractivity contribution in [2.75, 3.05) is 44.2 Å². The number of carbonyl (C=O) groups excluding carboxylic acids is 2. The van der Waals surface area contributed by atoms with Crippen LogP contribution in [0.2, 0.25) is 0 Å². The third-order valence-corrected chi connectivity index (χ3v) is 6.55. The SMILES string of the molecule is O=C(CCC1CCN(C(=O)Cc2ccccn2)CC1)N1CCN(c2ccccc2)CC1. The molecule has 2 aliphatic heterocycles. The Morgan fingerprint density at radius 1 is 0.806 bits per heavy atom. The lowest BCUT2D eigenvalue weighted by molar-refractivity contribution is -0.133. The minimum atomic E-state index is 0.157. The number of hydrogen-bond donors (Lipinski definition) is 0. The summed E-state index contributed by atoms with van der Waals surface area (Å²) < 4.78 is 0. The highest BCUT2D eigenvalue weighted by Crippen LogP contribution is 2.23. The fraction of sp³-hybridized carbons (Fsp3) is 0.480. The van der Waals surface area contributed by atoms with E-state index in [0.29, 0.717) is 18.8 Å². The molecule has 2 fully saturated rings. The molecular weight excluding hydrogens is 388 g/mol. The summed E-state index contributed by atoms with van der Waals surface area (Å²) in [6, 6.07) is 16.1. The highest BCUT2D eigenvalue weighted by atomic mass is 16.2. The van der Waals surface area contributed by atoms with E-state index in [4.69, 9.17) is 0 Å². The number of anilines is 1. The Balaban J connectivity index is 1.15. The van der Waals surface area contributed by atoms with Gasteiger partial charge < -0.3 is 14.7 Å². The summed E-state index contributed by atoms with van der Waals surface area (Å²) >= 11 is 0. The first-order chi connectivity index (χ1) is 15.2. The van der Waals surface area contributed by atoms with Crippen LogP contribution in [-0.4, -0.2) is 65.9 Å². The van der Waals surface area contributed by atoms with Gasteiger partial charge in [0.1, 0.15) is 0 Å². The number of pyridine rings is 1. The van der Waals surface area contributed by atoms with Crippen LogP contribution in [-0.2, 0) is 16.0 Å². The van der Waals surface area contributed by atoms with E-state index in [0.717, 1.165) is 64.2 Å². The predicted octanol–water partition coefficient (Wildman–Crippen LogP) is 2.99.